The minimum atomic E-state index is 0.316. The topological polar surface area (TPSA) is 64.9 Å². The first-order valence-electron chi connectivity index (χ1n) is 5.16. The third kappa shape index (κ3) is 1.83. The summed E-state index contributed by atoms with van der Waals surface area (Å²) >= 11 is 5.08. The van der Waals surface area contributed by atoms with Crippen molar-refractivity contribution in [1.29, 1.82) is 0 Å². The van der Waals surface area contributed by atoms with Crippen LogP contribution in [-0.2, 0) is 0 Å². The van der Waals surface area contributed by atoms with Crippen LogP contribution in [0.3, 0.4) is 0 Å². The summed E-state index contributed by atoms with van der Waals surface area (Å²) in [6.07, 6.45) is 3.43. The molecule has 0 bridgehead atoms. The first kappa shape index (κ1) is 11.4. The maximum atomic E-state index is 5.87. The number of halogens is 1. The third-order valence-electron chi connectivity index (χ3n) is 2.52. The van der Waals surface area contributed by atoms with E-state index < -0.39 is 0 Å². The molecule has 0 amide bonds. The number of nitrogens with two attached hydrogens (primary N) is 1. The predicted octanol–water partition coefficient (Wildman–Crippen LogP) is 3.81. The van der Waals surface area contributed by atoms with E-state index in [2.05, 4.69) is 26.1 Å². The van der Waals surface area contributed by atoms with Gasteiger partial charge < -0.3 is 10.3 Å². The zero-order valence-electron chi connectivity index (χ0n) is 9.13. The number of hydrogen-bond acceptors (Lipinski definition) is 5. The minimum Gasteiger partial charge on any atom is -0.367 e. The lowest BCUT2D eigenvalue weighted by Crippen LogP contribution is -1.87. The van der Waals surface area contributed by atoms with Crippen molar-refractivity contribution in [2.45, 2.75) is 0 Å². The van der Waals surface area contributed by atoms with Gasteiger partial charge in [-0.05, 0) is 45.1 Å². The summed E-state index contributed by atoms with van der Waals surface area (Å²) < 4.78 is 6.10. The van der Waals surface area contributed by atoms with Crippen LogP contribution in [0.25, 0.3) is 21.7 Å². The number of nitrogens with zero attached hydrogens (tertiary/aromatic N) is 2. The Labute approximate surface area is 116 Å². The Morgan fingerprint density at radius 3 is 2.67 bits per heavy atom. The molecule has 6 heteroatoms. The molecule has 0 aliphatic rings. The molecule has 3 heterocycles. The normalized spacial score (nSPS) is 10.7. The number of thiophene rings is 1. The fourth-order valence-electron chi connectivity index (χ4n) is 1.72. The molecular weight excluding hydrogens is 314 g/mol. The van der Waals surface area contributed by atoms with Gasteiger partial charge in [0, 0.05) is 16.9 Å². The molecule has 3 rings (SSSR count). The van der Waals surface area contributed by atoms with Crippen LogP contribution >= 0.6 is 27.3 Å². The van der Waals surface area contributed by atoms with E-state index in [0.717, 1.165) is 26.2 Å². The second-order valence-electron chi connectivity index (χ2n) is 3.60. The lowest BCUT2D eigenvalue weighted by atomic mass is 10.1. The van der Waals surface area contributed by atoms with Crippen molar-refractivity contribution in [2.75, 3.05) is 5.73 Å². The Morgan fingerprint density at radius 2 is 2.00 bits per heavy atom. The first-order chi connectivity index (χ1) is 8.77. The summed E-state index contributed by atoms with van der Waals surface area (Å²) in [5, 5.41) is 6.04. The Morgan fingerprint density at radius 1 is 1.22 bits per heavy atom. The second kappa shape index (κ2) is 4.55. The van der Waals surface area contributed by atoms with Gasteiger partial charge in [-0.25, -0.2) is 0 Å². The van der Waals surface area contributed by atoms with Crippen LogP contribution in [-0.4, -0.2) is 10.1 Å². The fourth-order valence-corrected chi connectivity index (χ4v) is 3.27. The number of anilines is 1. The molecule has 0 aliphatic carbocycles. The summed E-state index contributed by atoms with van der Waals surface area (Å²) in [5.74, 6) is 0.316. The Kier molecular flexibility index (Phi) is 2.89. The molecule has 4 nitrogen and oxygen atoms in total. The monoisotopic (exact) mass is 321 g/mol. The summed E-state index contributed by atoms with van der Waals surface area (Å²) in [7, 11) is 0. The first-order valence-corrected chi connectivity index (χ1v) is 6.83. The molecule has 0 radical (unpaired) electrons. The second-order valence-corrected chi connectivity index (χ2v) is 5.37. The molecule has 0 atom stereocenters. The van der Waals surface area contributed by atoms with Crippen LogP contribution in [0.5, 0.6) is 0 Å². The maximum Gasteiger partial charge on any atom is 0.230 e. The average molecular weight is 322 g/mol. The summed E-state index contributed by atoms with van der Waals surface area (Å²) in [4.78, 5) is 5.00. The molecule has 3 aromatic rings. The number of nitrogen functional groups attached to an aromatic ring is 1. The van der Waals surface area contributed by atoms with E-state index in [4.69, 9.17) is 10.3 Å². The third-order valence-corrected chi connectivity index (χ3v) is 4.36. The van der Waals surface area contributed by atoms with Gasteiger partial charge in [-0.3, -0.25) is 4.98 Å². The molecule has 0 aromatic carbocycles. The molecule has 0 aliphatic heterocycles. The summed E-state index contributed by atoms with van der Waals surface area (Å²) in [6.45, 7) is 0. The fraction of sp³-hybridized carbons (Fsp3) is 0. The molecule has 0 unspecified atom stereocenters. The lowest BCUT2D eigenvalue weighted by molar-refractivity contribution is 0.439. The molecule has 18 heavy (non-hydrogen) atoms. The minimum absolute atomic E-state index is 0.316. The molecular formula is C12H8BrN3OS. The lowest BCUT2D eigenvalue weighted by Gasteiger charge is -2.00. The van der Waals surface area contributed by atoms with E-state index in [1.165, 1.54) is 0 Å². The van der Waals surface area contributed by atoms with Gasteiger partial charge in [0.1, 0.15) is 5.69 Å². The van der Waals surface area contributed by atoms with Crippen molar-refractivity contribution < 1.29 is 4.52 Å². The Bertz CT molecular complexity index is 678. The van der Waals surface area contributed by atoms with Crippen molar-refractivity contribution >= 4 is 33.2 Å². The van der Waals surface area contributed by atoms with Crippen LogP contribution in [0.1, 0.15) is 0 Å². The van der Waals surface area contributed by atoms with Crippen LogP contribution in [0.4, 0.5) is 5.88 Å². The van der Waals surface area contributed by atoms with Gasteiger partial charge in [0.05, 0.1) is 10.4 Å². The highest BCUT2D eigenvalue weighted by atomic mass is 79.9. The quantitative estimate of drug-likeness (QED) is 0.779. The summed E-state index contributed by atoms with van der Waals surface area (Å²) in [5.41, 5.74) is 8.37. The number of rotatable bonds is 2. The smallest absolute Gasteiger partial charge is 0.230 e. The molecule has 0 spiro atoms. The van der Waals surface area contributed by atoms with Crippen molar-refractivity contribution in [3.8, 4) is 21.7 Å². The van der Waals surface area contributed by atoms with Crippen LogP contribution in [0.2, 0.25) is 0 Å². The average Bonchev–Trinajstić information content (AvgIpc) is 2.96. The number of pyridine rings is 1. The van der Waals surface area contributed by atoms with Crippen molar-refractivity contribution in [1.82, 2.24) is 10.1 Å². The molecule has 0 fully saturated rings. The Balaban J connectivity index is 2.22. The van der Waals surface area contributed by atoms with Gasteiger partial charge >= 0.3 is 0 Å². The van der Waals surface area contributed by atoms with E-state index >= 15 is 0 Å². The summed E-state index contributed by atoms with van der Waals surface area (Å²) in [6, 6.07) is 5.74. The maximum absolute atomic E-state index is 5.87. The van der Waals surface area contributed by atoms with E-state index in [9.17, 15) is 0 Å². The standard InChI is InChI=1S/C12H8BrN3OS/c13-8-3-6-18-11(8)10-9(12(14)17-16-10)7-1-4-15-5-2-7/h1-6H,14H2. The largest absolute Gasteiger partial charge is 0.367 e. The molecule has 0 saturated carbocycles. The van der Waals surface area contributed by atoms with Gasteiger partial charge in [0.15, 0.2) is 0 Å². The number of aromatic nitrogens is 2. The van der Waals surface area contributed by atoms with Gasteiger partial charge in [-0.2, -0.15) is 0 Å². The van der Waals surface area contributed by atoms with Crippen LogP contribution in [0.15, 0.2) is 45.0 Å². The zero-order chi connectivity index (χ0) is 12.5. The Hall–Kier alpha value is -1.66. The van der Waals surface area contributed by atoms with Gasteiger partial charge in [0.2, 0.25) is 5.88 Å². The molecule has 0 saturated heterocycles. The van der Waals surface area contributed by atoms with Crippen molar-refractivity contribution in [3.05, 3.63) is 40.4 Å². The number of hydrogen-bond donors (Lipinski definition) is 1. The zero-order valence-corrected chi connectivity index (χ0v) is 11.5. The predicted molar refractivity (Wildman–Crippen MR) is 75.2 cm³/mol. The van der Waals surface area contributed by atoms with Gasteiger partial charge in [-0.1, -0.05) is 5.16 Å². The SMILES string of the molecule is Nc1onc(-c2sccc2Br)c1-c1ccncc1. The van der Waals surface area contributed by atoms with Crippen LogP contribution in [0, 0.1) is 0 Å². The highest BCUT2D eigenvalue weighted by Gasteiger charge is 2.19. The van der Waals surface area contributed by atoms with E-state index in [-0.39, 0.29) is 0 Å². The van der Waals surface area contributed by atoms with E-state index in [1.54, 1.807) is 23.7 Å². The van der Waals surface area contributed by atoms with Crippen molar-refractivity contribution in [3.63, 3.8) is 0 Å². The molecule has 2 N–H and O–H groups in total. The van der Waals surface area contributed by atoms with Gasteiger partial charge in [-0.15, -0.1) is 11.3 Å². The van der Waals surface area contributed by atoms with Crippen molar-refractivity contribution in [2.24, 2.45) is 0 Å². The highest BCUT2D eigenvalue weighted by Crippen LogP contribution is 2.41. The van der Waals surface area contributed by atoms with E-state index in [1.807, 2.05) is 23.6 Å². The molecule has 90 valence electrons. The molecule has 3 aromatic heterocycles. The highest BCUT2D eigenvalue weighted by molar-refractivity contribution is 9.10. The van der Waals surface area contributed by atoms with Gasteiger partial charge in [0.25, 0.3) is 0 Å². The van der Waals surface area contributed by atoms with E-state index in [0.29, 0.717) is 5.88 Å². The van der Waals surface area contributed by atoms with Crippen LogP contribution < -0.4 is 5.73 Å².